The molecule has 0 unspecified atom stereocenters. The molecule has 0 aliphatic carbocycles. The Labute approximate surface area is 96.1 Å². The molecule has 0 rings (SSSR count). The van der Waals surface area contributed by atoms with E-state index in [0.29, 0.717) is 4.90 Å². The molecule has 0 fully saturated rings. The third-order valence-electron chi connectivity index (χ3n) is 1.99. The zero-order valence-electron chi connectivity index (χ0n) is 9.74. The Hall–Kier alpha value is -1.14. The van der Waals surface area contributed by atoms with E-state index in [9.17, 15) is 26.7 Å². The van der Waals surface area contributed by atoms with Crippen molar-refractivity contribution in [2.75, 3.05) is 6.54 Å². The first-order chi connectivity index (χ1) is 7.35. The third-order valence-corrected chi connectivity index (χ3v) is 1.99. The van der Waals surface area contributed by atoms with Crippen molar-refractivity contribution in [2.45, 2.75) is 38.4 Å². The largest absolute Gasteiger partial charge is 0.463 e. The third kappa shape index (κ3) is 3.41. The van der Waals surface area contributed by atoms with Crippen LogP contribution in [0.1, 0.15) is 20.8 Å². The van der Waals surface area contributed by atoms with E-state index in [1.807, 2.05) is 0 Å². The van der Waals surface area contributed by atoms with Crippen LogP contribution in [-0.4, -0.2) is 35.0 Å². The summed E-state index contributed by atoms with van der Waals surface area (Å²) in [5.41, 5.74) is -1.15. The van der Waals surface area contributed by atoms with Crippen LogP contribution in [0.2, 0.25) is 0 Å². The lowest BCUT2D eigenvalue weighted by atomic mass is 10.0. The van der Waals surface area contributed by atoms with E-state index in [2.05, 4.69) is 6.58 Å². The van der Waals surface area contributed by atoms with Gasteiger partial charge in [-0.05, 0) is 20.8 Å². The number of hydrogen-bond donors (Lipinski definition) is 0. The Bertz CT molecular complexity index is 303. The van der Waals surface area contributed by atoms with Gasteiger partial charge in [-0.3, -0.25) is 4.79 Å². The standard InChI is InChI=1S/C10H14F5NO/c1-5-6-16(8(2,3)4)7(17)9(11,12)10(13,14)15/h5H,1,6H2,2-4H3. The van der Waals surface area contributed by atoms with E-state index < -0.39 is 23.5 Å². The van der Waals surface area contributed by atoms with Crippen LogP contribution in [0.25, 0.3) is 0 Å². The molecule has 0 spiro atoms. The molecule has 0 aliphatic rings. The Morgan fingerprint density at radius 1 is 1.18 bits per heavy atom. The first-order valence-electron chi connectivity index (χ1n) is 4.73. The van der Waals surface area contributed by atoms with Crippen LogP contribution >= 0.6 is 0 Å². The highest BCUT2D eigenvalue weighted by Crippen LogP contribution is 2.38. The van der Waals surface area contributed by atoms with Crippen LogP contribution in [-0.2, 0) is 4.79 Å². The van der Waals surface area contributed by atoms with Crippen molar-refractivity contribution in [2.24, 2.45) is 0 Å². The van der Waals surface area contributed by atoms with Crippen molar-refractivity contribution in [1.82, 2.24) is 4.90 Å². The number of alkyl halides is 5. The fraction of sp³-hybridized carbons (Fsp3) is 0.700. The molecular formula is C10H14F5NO. The lowest BCUT2D eigenvalue weighted by Crippen LogP contribution is -2.57. The molecule has 17 heavy (non-hydrogen) atoms. The fourth-order valence-corrected chi connectivity index (χ4v) is 1.08. The van der Waals surface area contributed by atoms with E-state index in [-0.39, 0.29) is 6.54 Å². The lowest BCUT2D eigenvalue weighted by molar-refractivity contribution is -0.275. The van der Waals surface area contributed by atoms with Crippen molar-refractivity contribution in [1.29, 1.82) is 0 Å². The predicted molar refractivity (Wildman–Crippen MR) is 52.7 cm³/mol. The molecule has 0 aromatic rings. The molecule has 0 aromatic heterocycles. The molecule has 0 saturated carbocycles. The molecule has 0 aliphatic heterocycles. The highest BCUT2D eigenvalue weighted by molar-refractivity contribution is 5.85. The van der Waals surface area contributed by atoms with Gasteiger partial charge in [0.2, 0.25) is 0 Å². The maximum atomic E-state index is 12.9. The number of amides is 1. The van der Waals surface area contributed by atoms with Crippen molar-refractivity contribution in [3.8, 4) is 0 Å². The Morgan fingerprint density at radius 3 is 1.82 bits per heavy atom. The second-order valence-electron chi connectivity index (χ2n) is 4.45. The van der Waals surface area contributed by atoms with E-state index in [0.717, 1.165) is 6.08 Å². The number of rotatable bonds is 3. The number of carbonyl (C=O) groups excluding carboxylic acids is 1. The van der Waals surface area contributed by atoms with Gasteiger partial charge in [0.25, 0.3) is 0 Å². The molecule has 0 radical (unpaired) electrons. The number of nitrogens with zero attached hydrogens (tertiary/aromatic N) is 1. The summed E-state index contributed by atoms with van der Waals surface area (Å²) in [5.74, 6) is -7.65. The predicted octanol–water partition coefficient (Wildman–Crippen LogP) is 3.00. The molecule has 0 saturated heterocycles. The SMILES string of the molecule is C=CCN(C(=O)C(F)(F)C(F)(F)F)C(C)(C)C. The van der Waals surface area contributed by atoms with Crippen LogP contribution in [0.5, 0.6) is 0 Å². The zero-order valence-corrected chi connectivity index (χ0v) is 9.74. The highest BCUT2D eigenvalue weighted by Gasteiger charge is 2.65. The quantitative estimate of drug-likeness (QED) is 0.563. The zero-order chi connectivity index (χ0) is 14.1. The van der Waals surface area contributed by atoms with Crippen LogP contribution in [0.3, 0.4) is 0 Å². The van der Waals surface area contributed by atoms with Gasteiger partial charge < -0.3 is 4.90 Å². The fourth-order valence-electron chi connectivity index (χ4n) is 1.08. The molecule has 0 bridgehead atoms. The molecule has 7 heteroatoms. The molecule has 0 aromatic carbocycles. The summed E-state index contributed by atoms with van der Waals surface area (Å²) < 4.78 is 61.9. The van der Waals surface area contributed by atoms with Crippen molar-refractivity contribution >= 4 is 5.91 Å². The Morgan fingerprint density at radius 2 is 1.59 bits per heavy atom. The smallest absolute Gasteiger partial charge is 0.329 e. The van der Waals surface area contributed by atoms with Gasteiger partial charge in [0.05, 0.1) is 0 Å². The van der Waals surface area contributed by atoms with Gasteiger partial charge in [0.15, 0.2) is 0 Å². The minimum atomic E-state index is -5.89. The van der Waals surface area contributed by atoms with E-state index >= 15 is 0 Å². The van der Waals surface area contributed by atoms with Crippen molar-refractivity contribution in [3.63, 3.8) is 0 Å². The number of carbonyl (C=O) groups is 1. The van der Waals surface area contributed by atoms with Crippen molar-refractivity contribution in [3.05, 3.63) is 12.7 Å². The van der Waals surface area contributed by atoms with Crippen LogP contribution in [0.4, 0.5) is 22.0 Å². The number of halogens is 5. The summed E-state index contributed by atoms with van der Waals surface area (Å²) >= 11 is 0. The topological polar surface area (TPSA) is 20.3 Å². The molecule has 0 atom stereocenters. The summed E-state index contributed by atoms with van der Waals surface area (Å²) in [6.45, 7) is 6.93. The molecule has 100 valence electrons. The van der Waals surface area contributed by atoms with Crippen LogP contribution < -0.4 is 0 Å². The second-order valence-corrected chi connectivity index (χ2v) is 4.45. The van der Waals surface area contributed by atoms with Gasteiger partial charge in [-0.15, -0.1) is 6.58 Å². The summed E-state index contributed by atoms with van der Waals surface area (Å²) in [6, 6.07) is 0. The Balaban J connectivity index is 5.31. The minimum absolute atomic E-state index is 0.381. The van der Waals surface area contributed by atoms with Crippen LogP contribution in [0.15, 0.2) is 12.7 Å². The minimum Gasteiger partial charge on any atom is -0.329 e. The Kier molecular flexibility index (Phi) is 4.31. The van der Waals surface area contributed by atoms with E-state index in [1.165, 1.54) is 20.8 Å². The maximum Gasteiger partial charge on any atom is 0.463 e. The normalized spacial score (nSPS) is 13.4. The maximum absolute atomic E-state index is 12.9. The first-order valence-corrected chi connectivity index (χ1v) is 4.73. The lowest BCUT2D eigenvalue weighted by Gasteiger charge is -2.37. The average molecular weight is 259 g/mol. The summed E-state index contributed by atoms with van der Waals surface area (Å²) in [7, 11) is 0. The molecule has 1 amide bonds. The molecule has 2 nitrogen and oxygen atoms in total. The van der Waals surface area contributed by atoms with E-state index in [4.69, 9.17) is 0 Å². The highest BCUT2D eigenvalue weighted by atomic mass is 19.4. The van der Waals surface area contributed by atoms with Gasteiger partial charge >= 0.3 is 18.0 Å². The van der Waals surface area contributed by atoms with E-state index in [1.54, 1.807) is 0 Å². The van der Waals surface area contributed by atoms with Crippen LogP contribution in [0, 0.1) is 0 Å². The molecule has 0 heterocycles. The van der Waals surface area contributed by atoms with Gasteiger partial charge in [-0.1, -0.05) is 6.08 Å². The average Bonchev–Trinajstić information content (AvgIpc) is 2.09. The molecular weight excluding hydrogens is 245 g/mol. The first kappa shape index (κ1) is 15.9. The number of hydrogen-bond acceptors (Lipinski definition) is 1. The van der Waals surface area contributed by atoms with Gasteiger partial charge in [-0.2, -0.15) is 22.0 Å². The van der Waals surface area contributed by atoms with Gasteiger partial charge in [0.1, 0.15) is 0 Å². The van der Waals surface area contributed by atoms with Crippen molar-refractivity contribution < 1.29 is 26.7 Å². The summed E-state index contributed by atoms with van der Waals surface area (Å²) in [6.07, 6.45) is -4.80. The summed E-state index contributed by atoms with van der Waals surface area (Å²) in [5, 5.41) is 0. The van der Waals surface area contributed by atoms with Gasteiger partial charge in [-0.25, -0.2) is 0 Å². The second kappa shape index (κ2) is 4.62. The monoisotopic (exact) mass is 259 g/mol. The van der Waals surface area contributed by atoms with Gasteiger partial charge in [0, 0.05) is 12.1 Å². The summed E-state index contributed by atoms with van der Waals surface area (Å²) in [4.78, 5) is 11.7. The molecule has 0 N–H and O–H groups in total.